The third-order valence-corrected chi connectivity index (χ3v) is 4.47. The minimum Gasteiger partial charge on any atom is -0.463 e. The molecule has 0 radical (unpaired) electrons. The smallest absolute Gasteiger partial charge is 0.337 e. The maximum atomic E-state index is 12.5. The van der Waals surface area contributed by atoms with Crippen LogP contribution in [0.4, 0.5) is 4.79 Å². The number of amides is 2. The molecule has 1 unspecified atom stereocenters. The van der Waals surface area contributed by atoms with E-state index in [1.165, 1.54) is 5.56 Å². The number of nitrogens with zero attached hydrogens (tertiary/aromatic N) is 1. The Morgan fingerprint density at radius 2 is 1.88 bits per heavy atom. The van der Waals surface area contributed by atoms with Crippen molar-refractivity contribution in [3.05, 3.63) is 47.2 Å². The lowest BCUT2D eigenvalue weighted by Gasteiger charge is -2.33. The number of carbonyl (C=O) groups excluding carboxylic acids is 2. The SMILES string of the molecule is CCOC(=O)C1=C(CN(Cc2ccccc2)C(C)C)NC(=O)NC1CC. The maximum absolute atomic E-state index is 12.5. The molecular formula is C20H29N3O3. The minimum atomic E-state index is -0.370. The number of carbonyl (C=O) groups is 2. The number of nitrogens with one attached hydrogen (secondary N) is 2. The van der Waals surface area contributed by atoms with Gasteiger partial charge in [-0.3, -0.25) is 4.90 Å². The molecule has 2 N–H and O–H groups in total. The molecule has 142 valence electrons. The van der Waals surface area contributed by atoms with E-state index in [1.807, 2.05) is 25.1 Å². The second-order valence-corrected chi connectivity index (χ2v) is 6.66. The van der Waals surface area contributed by atoms with Crippen LogP contribution in [0.25, 0.3) is 0 Å². The number of hydrogen-bond donors (Lipinski definition) is 2. The molecule has 1 heterocycles. The molecule has 0 fully saturated rings. The third kappa shape index (κ3) is 5.08. The van der Waals surface area contributed by atoms with Crippen LogP contribution in [0.3, 0.4) is 0 Å². The van der Waals surface area contributed by atoms with Gasteiger partial charge in [0.05, 0.1) is 18.2 Å². The van der Waals surface area contributed by atoms with E-state index in [4.69, 9.17) is 4.74 Å². The fourth-order valence-corrected chi connectivity index (χ4v) is 3.03. The molecule has 26 heavy (non-hydrogen) atoms. The van der Waals surface area contributed by atoms with Gasteiger partial charge in [-0.1, -0.05) is 37.3 Å². The number of benzene rings is 1. The van der Waals surface area contributed by atoms with Gasteiger partial charge in [0.1, 0.15) is 0 Å². The van der Waals surface area contributed by atoms with Crippen LogP contribution < -0.4 is 10.6 Å². The molecule has 1 aliphatic rings. The van der Waals surface area contributed by atoms with Crippen molar-refractivity contribution in [2.75, 3.05) is 13.2 Å². The third-order valence-electron chi connectivity index (χ3n) is 4.47. The Labute approximate surface area is 155 Å². The Balaban J connectivity index is 2.31. The molecule has 0 aliphatic carbocycles. The van der Waals surface area contributed by atoms with Crippen molar-refractivity contribution in [1.82, 2.24) is 15.5 Å². The largest absolute Gasteiger partial charge is 0.463 e. The van der Waals surface area contributed by atoms with Gasteiger partial charge in [0, 0.05) is 24.8 Å². The van der Waals surface area contributed by atoms with E-state index in [-0.39, 0.29) is 24.1 Å². The van der Waals surface area contributed by atoms with Crippen LogP contribution in [-0.4, -0.2) is 42.1 Å². The van der Waals surface area contributed by atoms with Crippen LogP contribution in [0, 0.1) is 0 Å². The normalized spacial score (nSPS) is 17.3. The summed E-state index contributed by atoms with van der Waals surface area (Å²) in [5, 5.41) is 5.64. The molecule has 0 spiro atoms. The van der Waals surface area contributed by atoms with Gasteiger partial charge in [-0.25, -0.2) is 9.59 Å². The highest BCUT2D eigenvalue weighted by molar-refractivity contribution is 5.94. The fourth-order valence-electron chi connectivity index (χ4n) is 3.03. The first-order chi connectivity index (χ1) is 12.5. The monoisotopic (exact) mass is 359 g/mol. The van der Waals surface area contributed by atoms with Crippen molar-refractivity contribution in [3.63, 3.8) is 0 Å². The van der Waals surface area contributed by atoms with Gasteiger partial charge in [-0.05, 0) is 32.8 Å². The molecule has 0 saturated heterocycles. The van der Waals surface area contributed by atoms with Gasteiger partial charge in [0.15, 0.2) is 0 Å². The average Bonchev–Trinajstić information content (AvgIpc) is 2.61. The van der Waals surface area contributed by atoms with Gasteiger partial charge in [-0.15, -0.1) is 0 Å². The molecule has 1 atom stereocenters. The van der Waals surface area contributed by atoms with Crippen molar-refractivity contribution < 1.29 is 14.3 Å². The molecule has 6 heteroatoms. The lowest BCUT2D eigenvalue weighted by atomic mass is 9.99. The molecule has 1 aliphatic heterocycles. The van der Waals surface area contributed by atoms with Crippen LogP contribution in [0.15, 0.2) is 41.6 Å². The Morgan fingerprint density at radius 1 is 1.19 bits per heavy atom. The highest BCUT2D eigenvalue weighted by Crippen LogP contribution is 2.19. The zero-order valence-corrected chi connectivity index (χ0v) is 16.0. The molecule has 2 rings (SSSR count). The van der Waals surface area contributed by atoms with Crippen molar-refractivity contribution in [2.45, 2.75) is 52.7 Å². The maximum Gasteiger partial charge on any atom is 0.337 e. The van der Waals surface area contributed by atoms with Crippen LogP contribution in [-0.2, 0) is 16.1 Å². The highest BCUT2D eigenvalue weighted by atomic mass is 16.5. The Kier molecular flexibility index (Phi) is 7.21. The number of hydrogen-bond acceptors (Lipinski definition) is 4. The van der Waals surface area contributed by atoms with Crippen molar-refractivity contribution >= 4 is 12.0 Å². The summed E-state index contributed by atoms with van der Waals surface area (Å²) in [6, 6.07) is 9.80. The standard InChI is InChI=1S/C20H29N3O3/c1-5-16-18(19(24)26-6-2)17(22-20(25)21-16)13-23(14(3)4)12-15-10-8-7-9-11-15/h7-11,14,16H,5-6,12-13H2,1-4H3,(H2,21,22,25). The van der Waals surface area contributed by atoms with Crippen molar-refractivity contribution in [2.24, 2.45) is 0 Å². The van der Waals surface area contributed by atoms with E-state index in [9.17, 15) is 9.59 Å². The predicted molar refractivity (Wildman–Crippen MR) is 101 cm³/mol. The van der Waals surface area contributed by atoms with E-state index in [1.54, 1.807) is 6.92 Å². The fraction of sp³-hybridized carbons (Fsp3) is 0.500. The summed E-state index contributed by atoms with van der Waals surface area (Å²) in [5.74, 6) is -0.370. The lowest BCUT2D eigenvalue weighted by molar-refractivity contribution is -0.139. The second-order valence-electron chi connectivity index (χ2n) is 6.66. The number of ether oxygens (including phenoxy) is 1. The first-order valence-electron chi connectivity index (χ1n) is 9.21. The van der Waals surface area contributed by atoms with Gasteiger partial charge in [0.2, 0.25) is 0 Å². The summed E-state index contributed by atoms with van der Waals surface area (Å²) >= 11 is 0. The topological polar surface area (TPSA) is 70.7 Å². The average molecular weight is 359 g/mol. The van der Waals surface area contributed by atoms with Crippen molar-refractivity contribution in [3.8, 4) is 0 Å². The molecule has 1 aromatic rings. The van der Waals surface area contributed by atoms with Gasteiger partial charge < -0.3 is 15.4 Å². The minimum absolute atomic E-state index is 0.248. The molecule has 2 amide bonds. The summed E-state index contributed by atoms with van der Waals surface area (Å²) < 4.78 is 5.23. The van der Waals surface area contributed by atoms with E-state index < -0.39 is 0 Å². The molecule has 0 bridgehead atoms. The Hall–Kier alpha value is -2.34. The highest BCUT2D eigenvalue weighted by Gasteiger charge is 2.32. The summed E-state index contributed by atoms with van der Waals surface area (Å²) in [6.45, 7) is 9.45. The summed E-state index contributed by atoms with van der Waals surface area (Å²) in [5.41, 5.74) is 2.34. The lowest BCUT2D eigenvalue weighted by Crippen LogP contribution is -2.52. The van der Waals surface area contributed by atoms with Gasteiger partial charge in [0.25, 0.3) is 0 Å². The van der Waals surface area contributed by atoms with Crippen LogP contribution in [0.1, 0.15) is 39.7 Å². The number of esters is 1. The van der Waals surface area contributed by atoms with E-state index in [0.717, 1.165) is 6.54 Å². The van der Waals surface area contributed by atoms with E-state index in [0.29, 0.717) is 30.8 Å². The Bertz CT molecular complexity index is 656. The quantitative estimate of drug-likeness (QED) is 0.700. The summed E-state index contributed by atoms with van der Waals surface area (Å²) in [4.78, 5) is 26.8. The molecule has 1 aromatic carbocycles. The van der Waals surface area contributed by atoms with Crippen LogP contribution >= 0.6 is 0 Å². The first kappa shape index (κ1) is 20.0. The van der Waals surface area contributed by atoms with Crippen molar-refractivity contribution in [1.29, 1.82) is 0 Å². The predicted octanol–water partition coefficient (Wildman–Crippen LogP) is 2.81. The zero-order valence-electron chi connectivity index (χ0n) is 16.0. The summed E-state index contributed by atoms with van der Waals surface area (Å²) in [6.07, 6.45) is 0.630. The van der Waals surface area contributed by atoms with Gasteiger partial charge in [-0.2, -0.15) is 0 Å². The summed E-state index contributed by atoms with van der Waals surface area (Å²) in [7, 11) is 0. The molecule has 6 nitrogen and oxygen atoms in total. The molecule has 0 aromatic heterocycles. The zero-order chi connectivity index (χ0) is 19.1. The van der Waals surface area contributed by atoms with Gasteiger partial charge >= 0.3 is 12.0 Å². The molecular weight excluding hydrogens is 330 g/mol. The van der Waals surface area contributed by atoms with E-state index >= 15 is 0 Å². The van der Waals surface area contributed by atoms with Crippen LogP contribution in [0.2, 0.25) is 0 Å². The van der Waals surface area contributed by atoms with E-state index in [2.05, 4.69) is 41.5 Å². The second kappa shape index (κ2) is 9.38. The number of urea groups is 1. The number of rotatable bonds is 8. The Morgan fingerprint density at radius 3 is 2.46 bits per heavy atom. The first-order valence-corrected chi connectivity index (χ1v) is 9.21. The molecule has 0 saturated carbocycles. The van der Waals surface area contributed by atoms with Crippen LogP contribution in [0.5, 0.6) is 0 Å².